The van der Waals surface area contributed by atoms with Gasteiger partial charge in [-0.15, -0.1) is 0 Å². The molecule has 0 saturated carbocycles. The monoisotopic (exact) mass is 316 g/mol. The molecule has 0 amide bonds. The van der Waals surface area contributed by atoms with Crippen LogP contribution in [-0.4, -0.2) is 14.9 Å². The van der Waals surface area contributed by atoms with Crippen LogP contribution in [0.5, 0.6) is 0 Å². The summed E-state index contributed by atoms with van der Waals surface area (Å²) >= 11 is 5.71. The van der Waals surface area contributed by atoms with Crippen LogP contribution in [0.15, 0.2) is 18.2 Å². The molecule has 0 spiro atoms. The lowest BCUT2D eigenvalue weighted by atomic mass is 9.98. The molecule has 1 rings (SSSR count). The van der Waals surface area contributed by atoms with E-state index in [4.69, 9.17) is 16.0 Å². The highest BCUT2D eigenvalue weighted by molar-refractivity contribution is 6.74. The Labute approximate surface area is 128 Å². The van der Waals surface area contributed by atoms with Crippen LogP contribution >= 0.6 is 11.6 Å². The first-order valence-corrected chi connectivity index (χ1v) is 10.4. The van der Waals surface area contributed by atoms with Gasteiger partial charge in [-0.05, 0) is 48.2 Å². The van der Waals surface area contributed by atoms with E-state index < -0.39 is 8.32 Å². The molecule has 0 aliphatic heterocycles. The topological polar surface area (TPSA) is 9.23 Å². The lowest BCUT2D eigenvalue weighted by molar-refractivity contribution is 0.274. The van der Waals surface area contributed by atoms with Crippen LogP contribution in [0.4, 0.5) is 4.39 Å². The number of hydrogen-bond donors (Lipinski definition) is 0. The van der Waals surface area contributed by atoms with E-state index in [1.165, 1.54) is 6.07 Å². The van der Waals surface area contributed by atoms with Crippen LogP contribution in [0, 0.1) is 5.82 Å². The minimum atomic E-state index is -1.69. The van der Waals surface area contributed by atoms with E-state index in [0.717, 1.165) is 18.6 Å². The van der Waals surface area contributed by atoms with Gasteiger partial charge in [0.2, 0.25) is 0 Å². The normalized spacial score (nSPS) is 14.4. The Balaban J connectivity index is 2.56. The zero-order valence-electron chi connectivity index (χ0n) is 13.4. The largest absolute Gasteiger partial charge is 0.417 e. The van der Waals surface area contributed by atoms with E-state index in [0.29, 0.717) is 0 Å². The Kier molecular flexibility index (Phi) is 5.82. The van der Waals surface area contributed by atoms with E-state index in [-0.39, 0.29) is 21.8 Å². The molecule has 0 bridgehead atoms. The van der Waals surface area contributed by atoms with Gasteiger partial charge in [-0.3, -0.25) is 0 Å². The average Bonchev–Trinajstić information content (AvgIpc) is 2.30. The smallest absolute Gasteiger partial charge is 0.191 e. The van der Waals surface area contributed by atoms with E-state index >= 15 is 0 Å². The molecular formula is C16H26ClFOSi. The van der Waals surface area contributed by atoms with Gasteiger partial charge in [0, 0.05) is 6.61 Å². The quantitative estimate of drug-likeness (QED) is 0.606. The van der Waals surface area contributed by atoms with Crippen molar-refractivity contribution in [2.24, 2.45) is 0 Å². The number of rotatable bonds is 5. The molecule has 0 heterocycles. The molecule has 1 aromatic carbocycles. The Morgan fingerprint density at radius 2 is 1.90 bits per heavy atom. The van der Waals surface area contributed by atoms with Crippen LogP contribution in [0.3, 0.4) is 0 Å². The van der Waals surface area contributed by atoms with Gasteiger partial charge in [0.1, 0.15) is 5.82 Å². The van der Waals surface area contributed by atoms with Gasteiger partial charge in [0.05, 0.1) is 5.02 Å². The molecule has 0 unspecified atom stereocenters. The van der Waals surface area contributed by atoms with Crippen LogP contribution < -0.4 is 0 Å². The lowest BCUT2D eigenvalue weighted by Gasteiger charge is -2.36. The first-order valence-electron chi connectivity index (χ1n) is 7.13. The van der Waals surface area contributed by atoms with E-state index in [9.17, 15) is 4.39 Å². The summed E-state index contributed by atoms with van der Waals surface area (Å²) in [6.07, 6.45) is 0.896. The third-order valence-corrected chi connectivity index (χ3v) is 9.18. The van der Waals surface area contributed by atoms with Crippen molar-refractivity contribution >= 4 is 19.9 Å². The Morgan fingerprint density at radius 3 is 2.40 bits per heavy atom. The summed E-state index contributed by atoms with van der Waals surface area (Å²) in [6, 6.07) is 5.04. The summed E-state index contributed by atoms with van der Waals surface area (Å²) in [6.45, 7) is 14.0. The fourth-order valence-electron chi connectivity index (χ4n) is 1.69. The SMILES string of the molecule is C[C@@H](CCO[Si](C)(C)C(C)(C)C)c1ccc(Cl)c(F)c1. The third kappa shape index (κ3) is 4.57. The van der Waals surface area contributed by atoms with E-state index in [1.807, 2.05) is 6.07 Å². The molecule has 20 heavy (non-hydrogen) atoms. The predicted octanol–water partition coefficient (Wildman–Crippen LogP) is 5.99. The maximum Gasteiger partial charge on any atom is 0.191 e. The lowest BCUT2D eigenvalue weighted by Crippen LogP contribution is -2.41. The van der Waals surface area contributed by atoms with Gasteiger partial charge in [0.15, 0.2) is 8.32 Å². The zero-order chi connectivity index (χ0) is 15.6. The Bertz CT molecular complexity index is 454. The standard InChI is InChI=1S/C16H26ClFOSi/c1-12(13-7-8-14(17)15(18)11-13)9-10-19-20(5,6)16(2,3)4/h7-8,11-12H,9-10H2,1-6H3/t12-/m0/s1. The molecule has 4 heteroatoms. The fraction of sp³-hybridized carbons (Fsp3) is 0.625. The maximum atomic E-state index is 13.5. The number of benzene rings is 1. The average molecular weight is 317 g/mol. The second kappa shape index (κ2) is 6.59. The molecule has 0 aliphatic rings. The van der Waals surface area contributed by atoms with Crippen molar-refractivity contribution in [3.05, 3.63) is 34.6 Å². The first kappa shape index (κ1) is 17.7. The second-order valence-electron chi connectivity index (χ2n) is 6.97. The highest BCUT2D eigenvalue weighted by Gasteiger charge is 2.36. The van der Waals surface area contributed by atoms with Crippen molar-refractivity contribution in [3.8, 4) is 0 Å². The highest BCUT2D eigenvalue weighted by atomic mass is 35.5. The van der Waals surface area contributed by atoms with Crippen molar-refractivity contribution in [1.82, 2.24) is 0 Å². The molecule has 1 nitrogen and oxygen atoms in total. The van der Waals surface area contributed by atoms with Gasteiger partial charge in [-0.2, -0.15) is 0 Å². The van der Waals surface area contributed by atoms with E-state index in [2.05, 4.69) is 40.8 Å². The predicted molar refractivity (Wildman–Crippen MR) is 87.6 cm³/mol. The second-order valence-corrected chi connectivity index (χ2v) is 12.2. The number of halogens is 2. The summed E-state index contributed by atoms with van der Waals surface area (Å²) in [5.41, 5.74) is 0.978. The maximum absolute atomic E-state index is 13.5. The zero-order valence-corrected chi connectivity index (χ0v) is 15.1. The minimum Gasteiger partial charge on any atom is -0.417 e. The molecule has 0 fully saturated rings. The minimum absolute atomic E-state index is 0.179. The van der Waals surface area contributed by atoms with Crippen molar-refractivity contribution in [2.45, 2.75) is 58.2 Å². The van der Waals surface area contributed by atoms with Crippen molar-refractivity contribution in [2.75, 3.05) is 6.61 Å². The highest BCUT2D eigenvalue weighted by Crippen LogP contribution is 2.37. The van der Waals surface area contributed by atoms with Crippen LogP contribution in [0.25, 0.3) is 0 Å². The van der Waals surface area contributed by atoms with Gasteiger partial charge in [0.25, 0.3) is 0 Å². The van der Waals surface area contributed by atoms with Crippen LogP contribution in [0.2, 0.25) is 23.2 Å². The summed E-state index contributed by atoms with van der Waals surface area (Å²) in [7, 11) is -1.69. The Morgan fingerprint density at radius 1 is 1.30 bits per heavy atom. The van der Waals surface area contributed by atoms with Gasteiger partial charge < -0.3 is 4.43 Å². The number of hydrogen-bond acceptors (Lipinski definition) is 1. The molecule has 0 radical (unpaired) electrons. The van der Waals surface area contributed by atoms with Crippen LogP contribution in [0.1, 0.15) is 45.6 Å². The summed E-state index contributed by atoms with van der Waals surface area (Å²) in [5.74, 6) is -0.0760. The Hall–Kier alpha value is -0.383. The van der Waals surface area contributed by atoms with Gasteiger partial charge >= 0.3 is 0 Å². The van der Waals surface area contributed by atoms with Gasteiger partial charge in [-0.1, -0.05) is 45.4 Å². The van der Waals surface area contributed by atoms with Crippen LogP contribution in [-0.2, 0) is 4.43 Å². The van der Waals surface area contributed by atoms with E-state index in [1.54, 1.807) is 6.07 Å². The van der Waals surface area contributed by atoms with Gasteiger partial charge in [-0.25, -0.2) is 4.39 Å². The molecule has 114 valence electrons. The molecule has 0 aromatic heterocycles. The first-order chi connectivity index (χ1) is 9.04. The van der Waals surface area contributed by atoms with Crippen molar-refractivity contribution in [3.63, 3.8) is 0 Å². The summed E-state index contributed by atoms with van der Waals surface area (Å²) < 4.78 is 19.6. The molecular weight excluding hydrogens is 291 g/mol. The summed E-state index contributed by atoms with van der Waals surface area (Å²) in [4.78, 5) is 0. The third-order valence-electron chi connectivity index (χ3n) is 4.33. The fourth-order valence-corrected chi connectivity index (χ4v) is 2.87. The molecule has 1 atom stereocenters. The molecule has 0 saturated heterocycles. The van der Waals surface area contributed by atoms with Crippen molar-refractivity contribution < 1.29 is 8.82 Å². The molecule has 1 aromatic rings. The molecule has 0 N–H and O–H groups in total. The molecule has 0 aliphatic carbocycles. The van der Waals surface area contributed by atoms with Crippen molar-refractivity contribution in [1.29, 1.82) is 0 Å². The summed E-state index contributed by atoms with van der Waals surface area (Å²) in [5, 5.41) is 0.404.